The maximum Gasteiger partial charge on any atom is 0.223 e. The van der Waals surface area contributed by atoms with Crippen molar-refractivity contribution in [2.24, 2.45) is 11.8 Å². The topological polar surface area (TPSA) is 107 Å². The summed E-state index contributed by atoms with van der Waals surface area (Å²) in [5.74, 6) is -0.408. The molecule has 1 aliphatic heterocycles. The molecule has 8 heteroatoms. The number of carbonyl (C=O) groups excluding carboxylic acids is 1. The molecule has 1 amide bonds. The molecule has 0 aromatic heterocycles. The Balaban J connectivity index is 1.81. The normalized spacial score (nSPS) is 32.2. The van der Waals surface area contributed by atoms with E-state index in [1.165, 1.54) is 10.6 Å². The molecule has 0 aromatic rings. The Hall–Kier alpha value is -0.700. The molecule has 2 rings (SSSR count). The van der Waals surface area contributed by atoms with Gasteiger partial charge in [-0.2, -0.15) is 0 Å². The molecule has 1 aliphatic carbocycles. The minimum Gasteiger partial charge on any atom is -0.396 e. The highest BCUT2D eigenvalue weighted by atomic mass is 32.2. The molecule has 0 bridgehead atoms. The molecule has 21 heavy (non-hydrogen) atoms. The highest BCUT2D eigenvalue weighted by molar-refractivity contribution is 7.88. The van der Waals surface area contributed by atoms with Crippen molar-refractivity contribution >= 4 is 15.9 Å². The lowest BCUT2D eigenvalue weighted by atomic mass is 9.96. The maximum absolute atomic E-state index is 12.2. The number of carbonyl (C=O) groups is 1. The summed E-state index contributed by atoms with van der Waals surface area (Å²) < 4.78 is 24.2. The Bertz CT molecular complexity index is 473. The van der Waals surface area contributed by atoms with Crippen molar-refractivity contribution in [3.8, 4) is 0 Å². The Morgan fingerprint density at radius 3 is 2.38 bits per heavy atom. The number of rotatable bonds is 4. The fourth-order valence-corrected chi connectivity index (χ4v) is 4.06. The summed E-state index contributed by atoms with van der Waals surface area (Å²) >= 11 is 0. The molecule has 3 N–H and O–H groups in total. The Labute approximate surface area is 125 Å². The third kappa shape index (κ3) is 4.15. The van der Waals surface area contributed by atoms with Gasteiger partial charge in [-0.25, -0.2) is 12.7 Å². The van der Waals surface area contributed by atoms with E-state index >= 15 is 0 Å². The Morgan fingerprint density at radius 2 is 1.90 bits per heavy atom. The van der Waals surface area contributed by atoms with Gasteiger partial charge < -0.3 is 15.5 Å². The van der Waals surface area contributed by atoms with Crippen LogP contribution in [-0.2, 0) is 14.8 Å². The van der Waals surface area contributed by atoms with E-state index in [1.807, 2.05) is 0 Å². The summed E-state index contributed by atoms with van der Waals surface area (Å²) in [6, 6.07) is -0.0995. The molecule has 0 radical (unpaired) electrons. The number of nitrogens with zero attached hydrogens (tertiary/aromatic N) is 1. The van der Waals surface area contributed by atoms with Crippen LogP contribution < -0.4 is 5.32 Å². The third-order valence-corrected chi connectivity index (χ3v) is 5.84. The summed E-state index contributed by atoms with van der Waals surface area (Å²) in [6.45, 7) is 0.688. The van der Waals surface area contributed by atoms with Crippen molar-refractivity contribution in [2.75, 3.05) is 26.0 Å². The Morgan fingerprint density at radius 1 is 1.29 bits per heavy atom. The summed E-state index contributed by atoms with van der Waals surface area (Å²) in [5.41, 5.74) is 0. The molecule has 1 saturated heterocycles. The second kappa shape index (κ2) is 6.60. The predicted octanol–water partition coefficient (Wildman–Crippen LogP) is -1.09. The zero-order chi connectivity index (χ0) is 15.6. The minimum absolute atomic E-state index is 0.0692. The van der Waals surface area contributed by atoms with Gasteiger partial charge in [-0.05, 0) is 25.7 Å². The number of piperidine rings is 1. The molecule has 0 unspecified atom stereocenters. The molecule has 0 spiro atoms. The third-order valence-electron chi connectivity index (χ3n) is 4.53. The number of hydrogen-bond donors (Lipinski definition) is 3. The van der Waals surface area contributed by atoms with E-state index in [0.29, 0.717) is 38.8 Å². The maximum atomic E-state index is 12.2. The molecule has 2 fully saturated rings. The molecule has 1 saturated carbocycles. The second-order valence-electron chi connectivity index (χ2n) is 6.12. The standard InChI is InChI=1S/C13H24N2O5S/c1-21(19,20)15-4-2-9(3-5-15)13(18)14-11-6-10(8-16)12(17)7-11/h9-12,16-17H,2-8H2,1H3,(H,14,18)/t10-,11+,12+/m1/s1. The molecular formula is C13H24N2O5S. The number of hydrogen-bond acceptors (Lipinski definition) is 5. The van der Waals surface area contributed by atoms with Crippen molar-refractivity contribution in [1.29, 1.82) is 0 Å². The van der Waals surface area contributed by atoms with Gasteiger partial charge >= 0.3 is 0 Å². The first-order valence-corrected chi connectivity index (χ1v) is 9.20. The minimum atomic E-state index is -3.17. The van der Waals surface area contributed by atoms with Crippen LogP contribution in [0.4, 0.5) is 0 Å². The smallest absolute Gasteiger partial charge is 0.223 e. The van der Waals surface area contributed by atoms with Crippen LogP contribution in [0.3, 0.4) is 0 Å². The number of aliphatic hydroxyl groups excluding tert-OH is 2. The van der Waals surface area contributed by atoms with Crippen LogP contribution in [0.2, 0.25) is 0 Å². The van der Waals surface area contributed by atoms with E-state index in [2.05, 4.69) is 5.32 Å². The van der Waals surface area contributed by atoms with Crippen molar-refractivity contribution in [3.05, 3.63) is 0 Å². The van der Waals surface area contributed by atoms with Gasteiger partial charge in [0.15, 0.2) is 0 Å². The summed E-state index contributed by atoms with van der Waals surface area (Å²) in [4.78, 5) is 12.2. The molecule has 2 aliphatic rings. The van der Waals surface area contributed by atoms with Gasteiger partial charge in [0.1, 0.15) is 0 Å². The van der Waals surface area contributed by atoms with Gasteiger partial charge in [-0.1, -0.05) is 0 Å². The second-order valence-corrected chi connectivity index (χ2v) is 8.11. The van der Waals surface area contributed by atoms with E-state index in [4.69, 9.17) is 5.11 Å². The lowest BCUT2D eigenvalue weighted by Crippen LogP contribution is -2.44. The van der Waals surface area contributed by atoms with Crippen molar-refractivity contribution in [3.63, 3.8) is 0 Å². The SMILES string of the molecule is CS(=O)(=O)N1CCC(C(=O)N[C@H]2C[C@H](CO)[C@@H](O)C2)CC1. The Kier molecular flexibility index (Phi) is 5.24. The van der Waals surface area contributed by atoms with Gasteiger partial charge in [-0.15, -0.1) is 0 Å². The highest BCUT2D eigenvalue weighted by Crippen LogP contribution is 2.27. The fourth-order valence-electron chi connectivity index (χ4n) is 3.19. The molecule has 7 nitrogen and oxygen atoms in total. The van der Waals surface area contributed by atoms with Crippen LogP contribution in [0.5, 0.6) is 0 Å². The summed E-state index contributed by atoms with van der Waals surface area (Å²) in [6.07, 6.45) is 2.73. The summed E-state index contributed by atoms with van der Waals surface area (Å²) in [5, 5.41) is 21.7. The number of sulfonamides is 1. The first-order valence-electron chi connectivity index (χ1n) is 7.35. The average Bonchev–Trinajstić information content (AvgIpc) is 2.78. The van der Waals surface area contributed by atoms with Crippen LogP contribution in [0, 0.1) is 11.8 Å². The van der Waals surface area contributed by atoms with Gasteiger partial charge in [0.2, 0.25) is 15.9 Å². The van der Waals surface area contributed by atoms with E-state index in [-0.39, 0.29) is 30.4 Å². The molecular weight excluding hydrogens is 296 g/mol. The highest BCUT2D eigenvalue weighted by Gasteiger charge is 2.35. The molecule has 0 aromatic carbocycles. The molecule has 122 valence electrons. The lowest BCUT2D eigenvalue weighted by molar-refractivity contribution is -0.126. The monoisotopic (exact) mass is 320 g/mol. The zero-order valence-electron chi connectivity index (χ0n) is 12.2. The van der Waals surface area contributed by atoms with Crippen LogP contribution in [0.15, 0.2) is 0 Å². The van der Waals surface area contributed by atoms with Gasteiger partial charge in [0.05, 0.1) is 12.4 Å². The van der Waals surface area contributed by atoms with Crippen molar-refractivity contribution in [1.82, 2.24) is 9.62 Å². The number of amides is 1. The van der Waals surface area contributed by atoms with Gasteiger partial charge in [0, 0.05) is 37.6 Å². The van der Waals surface area contributed by atoms with E-state index in [9.17, 15) is 18.3 Å². The lowest BCUT2D eigenvalue weighted by Gasteiger charge is -2.30. The van der Waals surface area contributed by atoms with Crippen LogP contribution >= 0.6 is 0 Å². The fraction of sp³-hybridized carbons (Fsp3) is 0.923. The number of nitrogens with one attached hydrogen (secondary N) is 1. The van der Waals surface area contributed by atoms with Gasteiger partial charge in [-0.3, -0.25) is 4.79 Å². The summed E-state index contributed by atoms with van der Waals surface area (Å²) in [7, 11) is -3.17. The first kappa shape index (κ1) is 16.7. The zero-order valence-corrected chi connectivity index (χ0v) is 13.1. The van der Waals surface area contributed by atoms with E-state index in [0.717, 1.165) is 0 Å². The first-order chi connectivity index (χ1) is 9.81. The van der Waals surface area contributed by atoms with Crippen LogP contribution in [0.1, 0.15) is 25.7 Å². The number of aliphatic hydroxyl groups is 2. The molecule has 3 atom stereocenters. The van der Waals surface area contributed by atoms with Gasteiger partial charge in [0.25, 0.3) is 0 Å². The van der Waals surface area contributed by atoms with Crippen molar-refractivity contribution < 1.29 is 23.4 Å². The molecule has 1 heterocycles. The largest absolute Gasteiger partial charge is 0.396 e. The van der Waals surface area contributed by atoms with Crippen LogP contribution in [0.25, 0.3) is 0 Å². The van der Waals surface area contributed by atoms with E-state index < -0.39 is 16.1 Å². The van der Waals surface area contributed by atoms with E-state index in [1.54, 1.807) is 0 Å². The van der Waals surface area contributed by atoms with Crippen LogP contribution in [-0.4, -0.2) is 66.9 Å². The average molecular weight is 320 g/mol. The predicted molar refractivity (Wildman–Crippen MR) is 76.9 cm³/mol. The quantitative estimate of drug-likeness (QED) is 0.610. The van der Waals surface area contributed by atoms with Crippen molar-refractivity contribution in [2.45, 2.75) is 37.8 Å².